The topological polar surface area (TPSA) is 46.9 Å². The van der Waals surface area contributed by atoms with E-state index < -0.39 is 0 Å². The number of phenols is 1. The van der Waals surface area contributed by atoms with E-state index in [0.717, 1.165) is 39.1 Å². The second kappa shape index (κ2) is 7.44. The first kappa shape index (κ1) is 17.3. The Kier molecular flexibility index (Phi) is 5.84. The fourth-order valence-corrected chi connectivity index (χ4v) is 3.20. The number of phenolic OH excluding ortho intramolecular Hbond substituents is 1. The van der Waals surface area contributed by atoms with Crippen LogP contribution in [0.2, 0.25) is 0 Å². The van der Waals surface area contributed by atoms with Crippen LogP contribution >= 0.6 is 0 Å². The van der Waals surface area contributed by atoms with Crippen molar-refractivity contribution in [3.63, 3.8) is 0 Å². The van der Waals surface area contributed by atoms with Crippen molar-refractivity contribution >= 4 is 0 Å². The summed E-state index contributed by atoms with van der Waals surface area (Å²) in [6, 6.07) is 7.89. The Morgan fingerprint density at radius 3 is 2.41 bits per heavy atom. The Hall–Kier alpha value is -1.10. The first-order valence-electron chi connectivity index (χ1n) is 8.22. The molecule has 0 spiro atoms. The van der Waals surface area contributed by atoms with E-state index >= 15 is 0 Å². The maximum atomic E-state index is 9.37. The first-order valence-corrected chi connectivity index (χ1v) is 8.22. The number of aliphatic hydroxyl groups excluding tert-OH is 1. The summed E-state index contributed by atoms with van der Waals surface area (Å²) < 4.78 is 0. The second-order valence-electron chi connectivity index (χ2n) is 7.60. The minimum Gasteiger partial charge on any atom is -0.508 e. The molecular weight excluding hydrogens is 276 g/mol. The van der Waals surface area contributed by atoms with Gasteiger partial charge in [0.05, 0.1) is 0 Å². The van der Waals surface area contributed by atoms with Crippen molar-refractivity contribution in [3.8, 4) is 5.75 Å². The van der Waals surface area contributed by atoms with Crippen molar-refractivity contribution in [2.45, 2.75) is 39.8 Å². The van der Waals surface area contributed by atoms with Gasteiger partial charge >= 0.3 is 0 Å². The molecule has 0 bridgehead atoms. The van der Waals surface area contributed by atoms with Gasteiger partial charge in [0.1, 0.15) is 5.75 Å². The van der Waals surface area contributed by atoms with E-state index in [1.54, 1.807) is 12.1 Å². The maximum Gasteiger partial charge on any atom is 0.115 e. The van der Waals surface area contributed by atoms with Crippen molar-refractivity contribution < 1.29 is 10.2 Å². The highest BCUT2D eigenvalue weighted by atomic mass is 16.3. The van der Waals surface area contributed by atoms with E-state index in [0.29, 0.717) is 11.8 Å². The largest absolute Gasteiger partial charge is 0.508 e. The first-order chi connectivity index (χ1) is 10.4. The van der Waals surface area contributed by atoms with Crippen LogP contribution in [0.1, 0.15) is 32.8 Å². The van der Waals surface area contributed by atoms with E-state index in [-0.39, 0.29) is 12.0 Å². The molecule has 1 saturated heterocycles. The van der Waals surface area contributed by atoms with Crippen LogP contribution in [0.4, 0.5) is 0 Å². The Bertz CT molecular complexity index is 453. The van der Waals surface area contributed by atoms with E-state index in [2.05, 4.69) is 30.6 Å². The van der Waals surface area contributed by atoms with E-state index in [1.807, 2.05) is 12.1 Å². The zero-order valence-electron chi connectivity index (χ0n) is 14.1. The number of nitrogens with zero attached hydrogens (tertiary/aromatic N) is 2. The van der Waals surface area contributed by atoms with Crippen LogP contribution in [0.5, 0.6) is 5.75 Å². The highest BCUT2D eigenvalue weighted by Gasteiger charge is 2.29. The van der Waals surface area contributed by atoms with Crippen LogP contribution in [-0.2, 0) is 6.54 Å². The summed E-state index contributed by atoms with van der Waals surface area (Å²) in [7, 11) is 0. The average molecular weight is 306 g/mol. The highest BCUT2D eigenvalue weighted by Crippen LogP contribution is 2.22. The third-order valence-electron chi connectivity index (χ3n) is 4.17. The van der Waals surface area contributed by atoms with Gasteiger partial charge in [0.25, 0.3) is 0 Å². The molecule has 1 aliphatic heterocycles. The monoisotopic (exact) mass is 306 g/mol. The van der Waals surface area contributed by atoms with Gasteiger partial charge in [0.15, 0.2) is 0 Å². The Morgan fingerprint density at radius 1 is 1.14 bits per heavy atom. The maximum absolute atomic E-state index is 9.37. The fraction of sp³-hybridized carbons (Fsp3) is 0.667. The molecule has 2 N–H and O–H groups in total. The number of rotatable bonds is 5. The second-order valence-corrected chi connectivity index (χ2v) is 7.60. The highest BCUT2D eigenvalue weighted by molar-refractivity contribution is 5.25. The molecule has 1 heterocycles. The summed E-state index contributed by atoms with van der Waals surface area (Å²) in [5.41, 5.74) is 1.51. The van der Waals surface area contributed by atoms with Gasteiger partial charge in [0, 0.05) is 45.4 Å². The molecule has 1 aliphatic rings. The molecule has 1 fully saturated rings. The molecule has 1 aromatic rings. The lowest BCUT2D eigenvalue weighted by molar-refractivity contribution is 0.0340. The van der Waals surface area contributed by atoms with E-state index in [9.17, 15) is 10.2 Å². The van der Waals surface area contributed by atoms with Crippen LogP contribution in [0.15, 0.2) is 24.3 Å². The lowest BCUT2D eigenvalue weighted by Gasteiger charge is -2.44. The molecule has 4 heteroatoms. The summed E-state index contributed by atoms with van der Waals surface area (Å²) in [6.07, 6.45) is 0.835. The predicted molar refractivity (Wildman–Crippen MR) is 89.9 cm³/mol. The van der Waals surface area contributed by atoms with Crippen molar-refractivity contribution in [1.82, 2.24) is 9.80 Å². The molecule has 124 valence electrons. The molecule has 1 unspecified atom stereocenters. The van der Waals surface area contributed by atoms with Crippen molar-refractivity contribution in [2.24, 2.45) is 5.41 Å². The summed E-state index contributed by atoms with van der Waals surface area (Å²) >= 11 is 0. The molecular formula is C18H30N2O2. The zero-order chi connectivity index (χ0) is 16.2. The van der Waals surface area contributed by atoms with Crippen LogP contribution < -0.4 is 0 Å². The molecule has 0 aromatic heterocycles. The number of hydrogen-bond acceptors (Lipinski definition) is 4. The molecule has 0 radical (unpaired) electrons. The van der Waals surface area contributed by atoms with Crippen LogP contribution in [-0.4, -0.2) is 58.8 Å². The number of hydrogen-bond donors (Lipinski definition) is 2. The molecule has 4 nitrogen and oxygen atoms in total. The number of aliphatic hydroxyl groups is 1. The van der Waals surface area contributed by atoms with E-state index in [1.165, 1.54) is 5.56 Å². The van der Waals surface area contributed by atoms with Gasteiger partial charge in [-0.1, -0.05) is 32.9 Å². The molecule has 0 amide bonds. The van der Waals surface area contributed by atoms with Crippen LogP contribution in [0.3, 0.4) is 0 Å². The standard InChI is InChI=1S/C18H30N2O2/c1-18(2,3)14-20-10-9-19(13-16(20)8-11-21)12-15-4-6-17(22)7-5-15/h4-7,16,21-22H,8-14H2,1-3H3. The van der Waals surface area contributed by atoms with Crippen molar-refractivity contribution in [3.05, 3.63) is 29.8 Å². The van der Waals surface area contributed by atoms with Crippen LogP contribution in [0, 0.1) is 5.41 Å². The third kappa shape index (κ3) is 5.27. The Morgan fingerprint density at radius 2 is 1.82 bits per heavy atom. The fourth-order valence-electron chi connectivity index (χ4n) is 3.20. The molecule has 1 atom stereocenters. The molecule has 2 rings (SSSR count). The van der Waals surface area contributed by atoms with Gasteiger partial charge in [-0.3, -0.25) is 9.80 Å². The summed E-state index contributed by atoms with van der Waals surface area (Å²) in [5.74, 6) is 0.317. The minimum absolute atomic E-state index is 0.248. The molecule has 0 saturated carbocycles. The summed E-state index contributed by atoms with van der Waals surface area (Å²) in [5, 5.41) is 18.7. The number of piperazine rings is 1. The summed E-state index contributed by atoms with van der Waals surface area (Å²) in [4.78, 5) is 4.98. The van der Waals surface area contributed by atoms with Gasteiger partial charge < -0.3 is 10.2 Å². The predicted octanol–water partition coefficient (Wildman–Crippen LogP) is 2.31. The third-order valence-corrected chi connectivity index (χ3v) is 4.17. The summed E-state index contributed by atoms with van der Waals surface area (Å²) in [6.45, 7) is 12.1. The van der Waals surface area contributed by atoms with Gasteiger partial charge in [-0.25, -0.2) is 0 Å². The smallest absolute Gasteiger partial charge is 0.115 e. The Balaban J connectivity index is 1.95. The van der Waals surface area contributed by atoms with Crippen molar-refractivity contribution in [2.75, 3.05) is 32.8 Å². The molecule has 0 aliphatic carbocycles. The zero-order valence-corrected chi connectivity index (χ0v) is 14.1. The Labute approximate surface area is 134 Å². The van der Waals surface area contributed by atoms with Gasteiger partial charge in [-0.2, -0.15) is 0 Å². The molecule has 22 heavy (non-hydrogen) atoms. The normalized spacial score (nSPS) is 21.2. The number of aromatic hydroxyl groups is 1. The van der Waals surface area contributed by atoms with E-state index in [4.69, 9.17) is 0 Å². The van der Waals surface area contributed by atoms with Crippen molar-refractivity contribution in [1.29, 1.82) is 0 Å². The lowest BCUT2D eigenvalue weighted by Crippen LogP contribution is -2.54. The minimum atomic E-state index is 0.248. The SMILES string of the molecule is CC(C)(C)CN1CCN(Cc2ccc(O)cc2)CC1CCO. The van der Waals surface area contributed by atoms with Gasteiger partial charge in [-0.15, -0.1) is 0 Å². The average Bonchev–Trinajstić information content (AvgIpc) is 2.43. The lowest BCUT2D eigenvalue weighted by atomic mass is 9.94. The van der Waals surface area contributed by atoms with Crippen LogP contribution in [0.25, 0.3) is 0 Å². The molecule has 1 aromatic carbocycles. The van der Waals surface area contributed by atoms with Gasteiger partial charge in [0.2, 0.25) is 0 Å². The van der Waals surface area contributed by atoms with Gasteiger partial charge in [-0.05, 0) is 29.5 Å². The quantitative estimate of drug-likeness (QED) is 0.876. The number of benzene rings is 1.